The van der Waals surface area contributed by atoms with E-state index in [0.717, 1.165) is 44.2 Å². The number of hydrogen-bond acceptors (Lipinski definition) is 4. The molecular weight excluding hydrogens is 346 g/mol. The predicted molar refractivity (Wildman–Crippen MR) is 103 cm³/mol. The highest BCUT2D eigenvalue weighted by atomic mass is 32.1. The predicted octanol–water partition coefficient (Wildman–Crippen LogP) is 3.00. The number of fused-ring (bicyclic) bond motifs is 3. The molecule has 0 bridgehead atoms. The van der Waals surface area contributed by atoms with E-state index in [1.165, 1.54) is 16.6 Å². The van der Waals surface area contributed by atoms with Gasteiger partial charge in [-0.25, -0.2) is 4.98 Å². The van der Waals surface area contributed by atoms with Gasteiger partial charge in [-0.15, -0.1) is 11.3 Å². The lowest BCUT2D eigenvalue weighted by atomic mass is 10.0. The fraction of sp³-hybridized carbons (Fsp3) is 0.350. The summed E-state index contributed by atoms with van der Waals surface area (Å²) in [6.07, 6.45) is 7.29. The molecule has 1 aliphatic carbocycles. The Labute approximate surface area is 155 Å². The Morgan fingerprint density at radius 1 is 1.19 bits per heavy atom. The van der Waals surface area contributed by atoms with Crippen LogP contribution in [0.1, 0.15) is 45.8 Å². The zero-order valence-corrected chi connectivity index (χ0v) is 15.3. The SMILES string of the molecule is O=C(NCCCc1ccccc1)c1cnc2sc3c(n2c1=O)CCCC3. The summed E-state index contributed by atoms with van der Waals surface area (Å²) in [6.45, 7) is 0.539. The Bertz CT molecular complexity index is 991. The minimum absolute atomic E-state index is 0.133. The van der Waals surface area contributed by atoms with E-state index in [2.05, 4.69) is 22.4 Å². The number of nitrogens with one attached hydrogen (secondary N) is 1. The second-order valence-corrected chi connectivity index (χ2v) is 7.68. The maximum atomic E-state index is 12.8. The minimum atomic E-state index is -0.333. The second-order valence-electron chi connectivity index (χ2n) is 6.62. The Morgan fingerprint density at radius 2 is 2.00 bits per heavy atom. The molecule has 0 aliphatic heterocycles. The van der Waals surface area contributed by atoms with Crippen molar-refractivity contribution in [3.05, 3.63) is 68.6 Å². The fourth-order valence-electron chi connectivity index (χ4n) is 3.46. The molecule has 0 unspecified atom stereocenters. The molecule has 0 spiro atoms. The second kappa shape index (κ2) is 7.41. The van der Waals surface area contributed by atoms with Crippen molar-refractivity contribution in [3.63, 3.8) is 0 Å². The zero-order valence-electron chi connectivity index (χ0n) is 14.5. The number of thiazole rings is 1. The van der Waals surface area contributed by atoms with Crippen LogP contribution in [0.25, 0.3) is 4.96 Å². The van der Waals surface area contributed by atoms with Crippen LogP contribution in [0.4, 0.5) is 0 Å². The van der Waals surface area contributed by atoms with Crippen molar-refractivity contribution in [2.45, 2.75) is 38.5 Å². The van der Waals surface area contributed by atoms with E-state index in [1.807, 2.05) is 18.2 Å². The smallest absolute Gasteiger partial charge is 0.271 e. The number of aromatic nitrogens is 2. The molecule has 0 radical (unpaired) electrons. The molecule has 1 N–H and O–H groups in total. The molecule has 0 saturated carbocycles. The molecule has 1 aromatic carbocycles. The van der Waals surface area contributed by atoms with Crippen LogP contribution in [-0.4, -0.2) is 21.8 Å². The van der Waals surface area contributed by atoms with Gasteiger partial charge in [-0.1, -0.05) is 30.3 Å². The first kappa shape index (κ1) is 17.0. The summed E-state index contributed by atoms with van der Waals surface area (Å²) >= 11 is 1.57. The van der Waals surface area contributed by atoms with E-state index in [0.29, 0.717) is 11.5 Å². The molecule has 4 rings (SSSR count). The summed E-state index contributed by atoms with van der Waals surface area (Å²) in [5.41, 5.74) is 2.19. The van der Waals surface area contributed by atoms with E-state index < -0.39 is 0 Å². The average Bonchev–Trinajstić information content (AvgIpc) is 3.05. The monoisotopic (exact) mass is 367 g/mol. The van der Waals surface area contributed by atoms with Gasteiger partial charge in [0, 0.05) is 23.3 Å². The van der Waals surface area contributed by atoms with Gasteiger partial charge in [-0.2, -0.15) is 0 Å². The lowest BCUT2D eigenvalue weighted by Crippen LogP contribution is -2.32. The van der Waals surface area contributed by atoms with Gasteiger partial charge in [0.1, 0.15) is 5.56 Å². The summed E-state index contributed by atoms with van der Waals surface area (Å²) in [4.78, 5) is 31.6. The zero-order chi connectivity index (χ0) is 17.9. The Kier molecular flexibility index (Phi) is 4.84. The Hall–Kier alpha value is -2.47. The van der Waals surface area contributed by atoms with E-state index >= 15 is 0 Å². The lowest BCUT2D eigenvalue weighted by molar-refractivity contribution is 0.0951. The van der Waals surface area contributed by atoms with Crippen LogP contribution in [0.2, 0.25) is 0 Å². The molecule has 0 atom stereocenters. The molecule has 1 amide bonds. The number of carbonyl (C=O) groups is 1. The first-order chi connectivity index (χ1) is 12.7. The molecule has 134 valence electrons. The first-order valence-electron chi connectivity index (χ1n) is 9.08. The summed E-state index contributed by atoms with van der Waals surface area (Å²) in [7, 11) is 0. The minimum Gasteiger partial charge on any atom is -0.352 e. The maximum Gasteiger partial charge on any atom is 0.271 e. The van der Waals surface area contributed by atoms with Crippen LogP contribution in [0.15, 0.2) is 41.3 Å². The van der Waals surface area contributed by atoms with Crippen molar-refractivity contribution < 1.29 is 4.79 Å². The number of hydrogen-bond donors (Lipinski definition) is 1. The van der Waals surface area contributed by atoms with Gasteiger partial charge in [-0.05, 0) is 44.1 Å². The fourth-order valence-corrected chi connectivity index (χ4v) is 4.63. The van der Waals surface area contributed by atoms with E-state index in [9.17, 15) is 9.59 Å². The third-order valence-electron chi connectivity index (χ3n) is 4.82. The van der Waals surface area contributed by atoms with Crippen molar-refractivity contribution in [2.75, 3.05) is 6.54 Å². The standard InChI is InChI=1S/C20H21N3O2S/c24-18(21-12-6-9-14-7-2-1-3-8-14)15-13-22-20-23(19(15)25)16-10-4-5-11-17(16)26-20/h1-3,7-8,13H,4-6,9-12H2,(H,21,24). The first-order valence-corrected chi connectivity index (χ1v) is 9.90. The van der Waals surface area contributed by atoms with Crippen molar-refractivity contribution in [1.29, 1.82) is 0 Å². The van der Waals surface area contributed by atoms with Crippen LogP contribution >= 0.6 is 11.3 Å². The summed E-state index contributed by atoms with van der Waals surface area (Å²) < 4.78 is 1.65. The molecule has 0 saturated heterocycles. The molecule has 26 heavy (non-hydrogen) atoms. The third kappa shape index (κ3) is 3.29. The van der Waals surface area contributed by atoms with Gasteiger partial charge in [0.2, 0.25) is 0 Å². The quantitative estimate of drug-likeness (QED) is 0.705. The lowest BCUT2D eigenvalue weighted by Gasteiger charge is -2.10. The largest absolute Gasteiger partial charge is 0.352 e. The van der Waals surface area contributed by atoms with Gasteiger partial charge in [0.15, 0.2) is 4.96 Å². The van der Waals surface area contributed by atoms with Gasteiger partial charge >= 0.3 is 0 Å². The molecule has 0 fully saturated rings. The highest BCUT2D eigenvalue weighted by Crippen LogP contribution is 2.28. The van der Waals surface area contributed by atoms with Gasteiger partial charge in [0.05, 0.1) is 0 Å². The molecule has 2 heterocycles. The Morgan fingerprint density at radius 3 is 2.85 bits per heavy atom. The molecule has 1 aliphatic rings. The number of nitrogens with zero attached hydrogens (tertiary/aromatic N) is 2. The highest BCUT2D eigenvalue weighted by Gasteiger charge is 2.21. The van der Waals surface area contributed by atoms with Gasteiger partial charge in [-0.3, -0.25) is 14.0 Å². The van der Waals surface area contributed by atoms with E-state index in [1.54, 1.807) is 15.7 Å². The summed E-state index contributed by atoms with van der Waals surface area (Å²) in [5, 5.41) is 2.86. The van der Waals surface area contributed by atoms with Crippen LogP contribution in [-0.2, 0) is 19.3 Å². The van der Waals surface area contributed by atoms with E-state index in [-0.39, 0.29) is 17.0 Å². The summed E-state index contributed by atoms with van der Waals surface area (Å²) in [6, 6.07) is 10.2. The molecule has 5 nitrogen and oxygen atoms in total. The van der Waals surface area contributed by atoms with E-state index in [4.69, 9.17) is 0 Å². The van der Waals surface area contributed by atoms with Crippen LogP contribution in [0, 0.1) is 0 Å². The Balaban J connectivity index is 1.47. The normalized spacial score (nSPS) is 13.5. The topological polar surface area (TPSA) is 63.5 Å². The van der Waals surface area contributed by atoms with Crippen molar-refractivity contribution in [3.8, 4) is 0 Å². The maximum absolute atomic E-state index is 12.8. The van der Waals surface area contributed by atoms with Crippen molar-refractivity contribution >= 4 is 22.2 Å². The van der Waals surface area contributed by atoms with Crippen molar-refractivity contribution in [2.24, 2.45) is 0 Å². The number of benzene rings is 1. The highest BCUT2D eigenvalue weighted by molar-refractivity contribution is 7.17. The van der Waals surface area contributed by atoms with Crippen LogP contribution < -0.4 is 10.9 Å². The van der Waals surface area contributed by atoms with Gasteiger partial charge < -0.3 is 5.32 Å². The van der Waals surface area contributed by atoms with Gasteiger partial charge in [0.25, 0.3) is 11.5 Å². The number of carbonyl (C=O) groups excluding carboxylic acids is 1. The average molecular weight is 367 g/mol. The molecular formula is C20H21N3O2S. The number of rotatable bonds is 5. The van der Waals surface area contributed by atoms with Crippen LogP contribution in [0.5, 0.6) is 0 Å². The number of amides is 1. The summed E-state index contributed by atoms with van der Waals surface area (Å²) in [5.74, 6) is -0.333. The molecule has 6 heteroatoms. The number of aryl methyl sites for hydroxylation is 3. The van der Waals surface area contributed by atoms with Crippen LogP contribution in [0.3, 0.4) is 0 Å². The molecule has 3 aromatic rings. The third-order valence-corrected chi connectivity index (χ3v) is 5.97. The van der Waals surface area contributed by atoms with Crippen molar-refractivity contribution in [1.82, 2.24) is 14.7 Å². The molecule has 2 aromatic heterocycles.